The lowest BCUT2D eigenvalue weighted by Gasteiger charge is -2.17. The lowest BCUT2D eigenvalue weighted by molar-refractivity contribution is 0.1000. The Labute approximate surface area is 100.0 Å². The Morgan fingerprint density at radius 2 is 2.24 bits per heavy atom. The predicted octanol–water partition coefficient (Wildman–Crippen LogP) is 1.68. The van der Waals surface area contributed by atoms with Crippen LogP contribution in [0.5, 0.6) is 0 Å². The number of anilines is 1. The van der Waals surface area contributed by atoms with E-state index >= 15 is 0 Å². The van der Waals surface area contributed by atoms with Crippen LogP contribution in [0.3, 0.4) is 0 Å². The molecule has 0 saturated heterocycles. The molecule has 5 heteroatoms. The van der Waals surface area contributed by atoms with Gasteiger partial charge >= 0.3 is 0 Å². The molecule has 0 aliphatic heterocycles. The number of nitrogens with two attached hydrogens (primary N) is 1. The van der Waals surface area contributed by atoms with E-state index in [-0.39, 0.29) is 11.6 Å². The fraction of sp³-hybridized carbons (Fsp3) is 0.417. The molecule has 17 heavy (non-hydrogen) atoms. The van der Waals surface area contributed by atoms with E-state index in [1.165, 1.54) is 0 Å². The number of primary amides is 1. The Balaban J connectivity index is 3.01. The molecular formula is C12H17FN2O2. The SMILES string of the molecule is COCC(C)Nc1cc(C(N)=O)cc(F)c1C. The molecule has 0 bridgehead atoms. The van der Waals surface area contributed by atoms with Crippen molar-refractivity contribution in [2.45, 2.75) is 19.9 Å². The van der Waals surface area contributed by atoms with E-state index < -0.39 is 11.7 Å². The molecule has 0 radical (unpaired) electrons. The highest BCUT2D eigenvalue weighted by molar-refractivity contribution is 5.94. The van der Waals surface area contributed by atoms with Crippen molar-refractivity contribution in [2.75, 3.05) is 19.0 Å². The minimum absolute atomic E-state index is 0.0150. The molecule has 94 valence electrons. The van der Waals surface area contributed by atoms with Gasteiger partial charge in [0.2, 0.25) is 5.91 Å². The van der Waals surface area contributed by atoms with Crippen LogP contribution in [0, 0.1) is 12.7 Å². The molecule has 0 aliphatic rings. The number of rotatable bonds is 5. The van der Waals surface area contributed by atoms with Gasteiger partial charge in [-0.25, -0.2) is 4.39 Å². The number of carbonyl (C=O) groups excluding carboxylic acids is 1. The first kappa shape index (κ1) is 13.4. The minimum Gasteiger partial charge on any atom is -0.383 e. The third-order valence-electron chi connectivity index (χ3n) is 2.45. The summed E-state index contributed by atoms with van der Waals surface area (Å²) in [6.45, 7) is 4.03. The topological polar surface area (TPSA) is 64.3 Å². The fourth-order valence-corrected chi connectivity index (χ4v) is 1.53. The van der Waals surface area contributed by atoms with Crippen LogP contribution >= 0.6 is 0 Å². The molecule has 4 nitrogen and oxygen atoms in total. The van der Waals surface area contributed by atoms with Gasteiger partial charge in [-0.15, -0.1) is 0 Å². The van der Waals surface area contributed by atoms with Crippen LogP contribution in [-0.2, 0) is 4.74 Å². The van der Waals surface area contributed by atoms with E-state index in [2.05, 4.69) is 5.32 Å². The zero-order chi connectivity index (χ0) is 13.0. The number of methoxy groups -OCH3 is 1. The molecule has 1 amide bonds. The second kappa shape index (κ2) is 5.63. The Hall–Kier alpha value is -1.62. The zero-order valence-electron chi connectivity index (χ0n) is 10.2. The van der Waals surface area contributed by atoms with Gasteiger partial charge in [-0.05, 0) is 26.0 Å². The maximum absolute atomic E-state index is 13.6. The van der Waals surface area contributed by atoms with E-state index in [0.717, 1.165) is 6.07 Å². The van der Waals surface area contributed by atoms with Crippen molar-refractivity contribution < 1.29 is 13.9 Å². The molecule has 3 N–H and O–H groups in total. The normalized spacial score (nSPS) is 12.2. The number of carbonyl (C=O) groups is 1. The Kier molecular flexibility index (Phi) is 4.45. The predicted molar refractivity (Wildman–Crippen MR) is 64.6 cm³/mol. The second-order valence-corrected chi connectivity index (χ2v) is 4.00. The molecule has 1 aromatic rings. The lowest BCUT2D eigenvalue weighted by atomic mass is 10.1. The molecule has 1 atom stereocenters. The molecule has 1 rings (SSSR count). The summed E-state index contributed by atoms with van der Waals surface area (Å²) in [6, 6.07) is 2.71. The van der Waals surface area contributed by atoms with Gasteiger partial charge in [-0.1, -0.05) is 0 Å². The minimum atomic E-state index is -0.647. The highest BCUT2D eigenvalue weighted by atomic mass is 19.1. The van der Waals surface area contributed by atoms with Crippen LogP contribution < -0.4 is 11.1 Å². The first-order valence-electron chi connectivity index (χ1n) is 5.31. The Morgan fingerprint density at radius 1 is 1.59 bits per heavy atom. The third kappa shape index (κ3) is 3.42. The zero-order valence-corrected chi connectivity index (χ0v) is 10.2. The van der Waals surface area contributed by atoms with Gasteiger partial charge in [0.15, 0.2) is 0 Å². The summed E-state index contributed by atoms with van der Waals surface area (Å²) in [6.07, 6.45) is 0. The first-order chi connectivity index (χ1) is 7.95. The maximum atomic E-state index is 13.6. The first-order valence-corrected chi connectivity index (χ1v) is 5.31. The third-order valence-corrected chi connectivity index (χ3v) is 2.45. The average molecular weight is 240 g/mol. The summed E-state index contributed by atoms with van der Waals surface area (Å²) in [5.74, 6) is -1.10. The van der Waals surface area contributed by atoms with E-state index in [4.69, 9.17) is 10.5 Å². The van der Waals surface area contributed by atoms with E-state index in [9.17, 15) is 9.18 Å². The molecule has 1 aromatic carbocycles. The summed E-state index contributed by atoms with van der Waals surface area (Å²) in [5.41, 5.74) is 6.30. The van der Waals surface area contributed by atoms with Crippen molar-refractivity contribution in [3.05, 3.63) is 29.1 Å². The number of ether oxygens (including phenoxy) is 1. The number of halogens is 1. The van der Waals surface area contributed by atoms with Gasteiger partial charge in [0, 0.05) is 30.0 Å². The van der Waals surface area contributed by atoms with Gasteiger partial charge < -0.3 is 15.8 Å². The molecule has 0 aliphatic carbocycles. The maximum Gasteiger partial charge on any atom is 0.248 e. The summed E-state index contributed by atoms with van der Waals surface area (Å²) < 4.78 is 18.5. The fourth-order valence-electron chi connectivity index (χ4n) is 1.53. The van der Waals surface area contributed by atoms with Gasteiger partial charge in [0.05, 0.1) is 6.61 Å². The summed E-state index contributed by atoms with van der Waals surface area (Å²) in [4.78, 5) is 11.0. The van der Waals surface area contributed by atoms with Crippen molar-refractivity contribution in [2.24, 2.45) is 5.73 Å². The van der Waals surface area contributed by atoms with Crippen molar-refractivity contribution in [3.8, 4) is 0 Å². The molecule has 1 unspecified atom stereocenters. The summed E-state index contributed by atoms with van der Waals surface area (Å²) >= 11 is 0. The van der Waals surface area contributed by atoms with Gasteiger partial charge in [-0.2, -0.15) is 0 Å². The lowest BCUT2D eigenvalue weighted by Crippen LogP contribution is -2.22. The van der Waals surface area contributed by atoms with E-state index in [0.29, 0.717) is 17.9 Å². The highest BCUT2D eigenvalue weighted by Crippen LogP contribution is 2.21. The van der Waals surface area contributed by atoms with E-state index in [1.54, 1.807) is 20.1 Å². The summed E-state index contributed by atoms with van der Waals surface area (Å²) in [5, 5.41) is 3.07. The molecule has 0 saturated carbocycles. The molecule has 0 heterocycles. The van der Waals surface area contributed by atoms with Gasteiger partial charge in [0.1, 0.15) is 5.82 Å². The van der Waals surface area contributed by atoms with Crippen molar-refractivity contribution in [1.82, 2.24) is 0 Å². The van der Waals surface area contributed by atoms with Crippen LogP contribution in [-0.4, -0.2) is 25.7 Å². The van der Waals surface area contributed by atoms with Crippen molar-refractivity contribution in [3.63, 3.8) is 0 Å². The molecule has 0 spiro atoms. The molecule has 0 fully saturated rings. The van der Waals surface area contributed by atoms with E-state index in [1.807, 2.05) is 6.92 Å². The average Bonchev–Trinajstić information content (AvgIpc) is 2.24. The van der Waals surface area contributed by atoms with Crippen molar-refractivity contribution in [1.29, 1.82) is 0 Å². The van der Waals surface area contributed by atoms with Crippen molar-refractivity contribution >= 4 is 11.6 Å². The van der Waals surface area contributed by atoms with Gasteiger partial charge in [-0.3, -0.25) is 4.79 Å². The highest BCUT2D eigenvalue weighted by Gasteiger charge is 2.12. The van der Waals surface area contributed by atoms with Crippen LogP contribution in [0.1, 0.15) is 22.8 Å². The number of amides is 1. The largest absolute Gasteiger partial charge is 0.383 e. The van der Waals surface area contributed by atoms with Crippen LogP contribution in [0.15, 0.2) is 12.1 Å². The number of benzene rings is 1. The van der Waals surface area contributed by atoms with Crippen LogP contribution in [0.25, 0.3) is 0 Å². The quantitative estimate of drug-likeness (QED) is 0.823. The number of nitrogens with one attached hydrogen (secondary N) is 1. The Bertz CT molecular complexity index is 421. The second-order valence-electron chi connectivity index (χ2n) is 4.00. The molecular weight excluding hydrogens is 223 g/mol. The van der Waals surface area contributed by atoms with Crippen LogP contribution in [0.4, 0.5) is 10.1 Å². The molecule has 0 aromatic heterocycles. The monoisotopic (exact) mass is 240 g/mol. The van der Waals surface area contributed by atoms with Crippen LogP contribution in [0.2, 0.25) is 0 Å². The van der Waals surface area contributed by atoms with Gasteiger partial charge in [0.25, 0.3) is 0 Å². The Morgan fingerprint density at radius 3 is 2.76 bits per heavy atom. The summed E-state index contributed by atoms with van der Waals surface area (Å²) in [7, 11) is 1.59. The standard InChI is InChI=1S/C12H17FN2O2/c1-7(6-17-3)15-11-5-9(12(14)16)4-10(13)8(11)2/h4-5,7,15H,6H2,1-3H3,(H2,14,16). The number of hydrogen-bond donors (Lipinski definition) is 2. The smallest absolute Gasteiger partial charge is 0.248 e. The number of hydrogen-bond acceptors (Lipinski definition) is 3.